The Kier molecular flexibility index (Phi) is 2.29. The first-order valence-electron chi connectivity index (χ1n) is 2.81. The molecule has 4 heteroatoms. The maximum absolute atomic E-state index is 10.1. The predicted octanol–water partition coefficient (Wildman–Crippen LogP) is 0.743. The highest BCUT2D eigenvalue weighted by Gasteiger charge is 2.26. The van der Waals surface area contributed by atoms with Gasteiger partial charge in [-0.1, -0.05) is 0 Å². The molecule has 0 spiro atoms. The van der Waals surface area contributed by atoms with Crippen LogP contribution in [0.3, 0.4) is 0 Å². The monoisotopic (exact) mass is 241 g/mol. The van der Waals surface area contributed by atoms with Crippen LogP contribution in [-0.2, 0) is 4.79 Å². The first kappa shape index (κ1) is 7.27. The zero-order valence-electron chi connectivity index (χ0n) is 4.88. The minimum Gasteiger partial charge on any atom is -0.481 e. The van der Waals surface area contributed by atoms with Crippen LogP contribution in [0.5, 0.6) is 0 Å². The summed E-state index contributed by atoms with van der Waals surface area (Å²) < 4.78 is 2.09. The molecule has 0 radical (unpaired) electrons. The van der Waals surface area contributed by atoms with Gasteiger partial charge in [0.05, 0.1) is 6.42 Å². The van der Waals surface area contributed by atoms with Crippen LogP contribution in [-0.4, -0.2) is 27.3 Å². The second-order valence-corrected chi connectivity index (χ2v) is 3.66. The molecular formula is C5H8INO2. The van der Waals surface area contributed by atoms with Crippen LogP contribution in [0.2, 0.25) is 0 Å². The van der Waals surface area contributed by atoms with Gasteiger partial charge < -0.3 is 5.11 Å². The minimum absolute atomic E-state index is 0.333. The SMILES string of the molecule is O=C(O)CC1CN(I)C1. The molecule has 1 fully saturated rings. The van der Waals surface area contributed by atoms with E-state index < -0.39 is 5.97 Å². The van der Waals surface area contributed by atoms with E-state index in [9.17, 15) is 4.79 Å². The molecule has 0 saturated carbocycles. The smallest absolute Gasteiger partial charge is 0.303 e. The summed E-state index contributed by atoms with van der Waals surface area (Å²) in [5, 5.41) is 8.31. The standard InChI is InChI=1S/C5H8INO2/c6-7-2-4(3-7)1-5(8)9/h4H,1-3H2,(H,8,9). The Morgan fingerprint density at radius 1 is 1.78 bits per heavy atom. The highest BCUT2D eigenvalue weighted by molar-refractivity contribution is 14.1. The van der Waals surface area contributed by atoms with Crippen molar-refractivity contribution in [2.24, 2.45) is 5.92 Å². The highest BCUT2D eigenvalue weighted by atomic mass is 127. The van der Waals surface area contributed by atoms with E-state index >= 15 is 0 Å². The highest BCUT2D eigenvalue weighted by Crippen LogP contribution is 2.21. The van der Waals surface area contributed by atoms with Crippen molar-refractivity contribution >= 4 is 28.8 Å². The summed E-state index contributed by atoms with van der Waals surface area (Å²) in [5.74, 6) is -0.274. The van der Waals surface area contributed by atoms with Crippen LogP contribution in [0.15, 0.2) is 0 Å². The molecule has 0 amide bonds. The fraction of sp³-hybridized carbons (Fsp3) is 0.800. The number of carboxylic acids is 1. The fourth-order valence-electron chi connectivity index (χ4n) is 0.883. The Morgan fingerprint density at radius 2 is 2.33 bits per heavy atom. The van der Waals surface area contributed by atoms with Gasteiger partial charge in [-0.25, -0.2) is 3.11 Å². The molecular weight excluding hydrogens is 233 g/mol. The van der Waals surface area contributed by atoms with E-state index in [1.807, 2.05) is 0 Å². The van der Waals surface area contributed by atoms with E-state index in [1.165, 1.54) is 0 Å². The van der Waals surface area contributed by atoms with Gasteiger partial charge in [0.15, 0.2) is 0 Å². The molecule has 1 heterocycles. The van der Waals surface area contributed by atoms with E-state index in [-0.39, 0.29) is 0 Å². The summed E-state index contributed by atoms with van der Waals surface area (Å²) in [6.45, 7) is 1.87. The van der Waals surface area contributed by atoms with Crippen LogP contribution >= 0.6 is 22.9 Å². The molecule has 0 aromatic carbocycles. The van der Waals surface area contributed by atoms with Crippen molar-refractivity contribution in [3.63, 3.8) is 0 Å². The number of nitrogens with zero attached hydrogens (tertiary/aromatic N) is 1. The molecule has 0 atom stereocenters. The van der Waals surface area contributed by atoms with Gasteiger partial charge in [-0.3, -0.25) is 4.79 Å². The molecule has 0 aromatic rings. The topological polar surface area (TPSA) is 40.5 Å². The number of carbonyl (C=O) groups is 1. The van der Waals surface area contributed by atoms with E-state index in [0.29, 0.717) is 12.3 Å². The zero-order chi connectivity index (χ0) is 6.85. The van der Waals surface area contributed by atoms with Crippen molar-refractivity contribution < 1.29 is 9.90 Å². The fourth-order valence-corrected chi connectivity index (χ4v) is 2.00. The maximum atomic E-state index is 10.1. The summed E-state index contributed by atoms with van der Waals surface area (Å²) in [7, 11) is 0. The summed E-state index contributed by atoms with van der Waals surface area (Å²) in [5.41, 5.74) is 0. The molecule has 1 aliphatic rings. The van der Waals surface area contributed by atoms with E-state index in [1.54, 1.807) is 0 Å². The van der Waals surface area contributed by atoms with Crippen molar-refractivity contribution in [2.45, 2.75) is 6.42 Å². The van der Waals surface area contributed by atoms with E-state index in [2.05, 4.69) is 26.0 Å². The number of hydrogen-bond donors (Lipinski definition) is 1. The molecule has 1 rings (SSSR count). The lowest BCUT2D eigenvalue weighted by Gasteiger charge is -2.32. The number of aliphatic carboxylic acids is 1. The van der Waals surface area contributed by atoms with Gasteiger partial charge in [-0.2, -0.15) is 0 Å². The average Bonchev–Trinajstić information content (AvgIpc) is 1.60. The predicted molar refractivity (Wildman–Crippen MR) is 41.3 cm³/mol. The maximum Gasteiger partial charge on any atom is 0.303 e. The Labute approximate surface area is 67.5 Å². The minimum atomic E-state index is -0.676. The number of carboxylic acid groups (broad SMARTS) is 1. The van der Waals surface area contributed by atoms with Gasteiger partial charge in [0.25, 0.3) is 0 Å². The Balaban J connectivity index is 2.11. The number of hydrogen-bond acceptors (Lipinski definition) is 2. The molecule has 0 bridgehead atoms. The summed E-state index contributed by atoms with van der Waals surface area (Å²) in [6.07, 6.45) is 0.333. The zero-order valence-corrected chi connectivity index (χ0v) is 7.04. The van der Waals surface area contributed by atoms with Crippen molar-refractivity contribution in [3.8, 4) is 0 Å². The molecule has 1 N–H and O–H groups in total. The second-order valence-electron chi connectivity index (χ2n) is 2.29. The van der Waals surface area contributed by atoms with Crippen LogP contribution in [0.25, 0.3) is 0 Å². The quantitative estimate of drug-likeness (QED) is 0.572. The first-order valence-corrected chi connectivity index (χ1v) is 3.77. The molecule has 3 nitrogen and oxygen atoms in total. The second kappa shape index (κ2) is 2.83. The lowest BCUT2D eigenvalue weighted by molar-refractivity contribution is -0.138. The van der Waals surface area contributed by atoms with Gasteiger partial charge >= 0.3 is 5.97 Å². The van der Waals surface area contributed by atoms with Crippen LogP contribution < -0.4 is 0 Å². The third kappa shape index (κ3) is 2.09. The van der Waals surface area contributed by atoms with Gasteiger partial charge in [0.1, 0.15) is 0 Å². The van der Waals surface area contributed by atoms with Crippen LogP contribution in [0.1, 0.15) is 6.42 Å². The summed E-state index contributed by atoms with van der Waals surface area (Å²) in [4.78, 5) is 10.1. The molecule has 0 unspecified atom stereocenters. The Bertz CT molecular complexity index is 122. The Hall–Kier alpha value is 0.160. The molecule has 1 aliphatic heterocycles. The van der Waals surface area contributed by atoms with Crippen molar-refractivity contribution in [2.75, 3.05) is 13.1 Å². The van der Waals surface area contributed by atoms with Crippen molar-refractivity contribution in [3.05, 3.63) is 0 Å². The molecule has 0 aromatic heterocycles. The third-order valence-corrected chi connectivity index (χ3v) is 2.16. The third-order valence-electron chi connectivity index (χ3n) is 1.38. The number of rotatable bonds is 2. The van der Waals surface area contributed by atoms with Gasteiger partial charge in [-0.15, -0.1) is 0 Å². The largest absolute Gasteiger partial charge is 0.481 e. The summed E-state index contributed by atoms with van der Waals surface area (Å²) in [6, 6.07) is 0. The lowest BCUT2D eigenvalue weighted by Crippen LogP contribution is -2.40. The van der Waals surface area contributed by atoms with Gasteiger partial charge in [0.2, 0.25) is 0 Å². The van der Waals surface area contributed by atoms with Crippen molar-refractivity contribution in [1.82, 2.24) is 3.11 Å². The van der Waals surface area contributed by atoms with Crippen LogP contribution in [0, 0.1) is 5.92 Å². The van der Waals surface area contributed by atoms with Crippen molar-refractivity contribution in [1.29, 1.82) is 0 Å². The average molecular weight is 241 g/mol. The molecule has 9 heavy (non-hydrogen) atoms. The van der Waals surface area contributed by atoms with E-state index in [4.69, 9.17) is 5.11 Å². The normalized spacial score (nSPS) is 21.4. The summed E-state index contributed by atoms with van der Waals surface area (Å²) >= 11 is 2.20. The number of halogens is 1. The van der Waals surface area contributed by atoms with Crippen LogP contribution in [0.4, 0.5) is 0 Å². The first-order chi connectivity index (χ1) is 4.18. The lowest BCUT2D eigenvalue weighted by atomic mass is 10.00. The Morgan fingerprint density at radius 3 is 2.67 bits per heavy atom. The van der Waals surface area contributed by atoms with Gasteiger partial charge in [-0.05, 0) is 5.92 Å². The molecule has 1 saturated heterocycles. The van der Waals surface area contributed by atoms with E-state index in [0.717, 1.165) is 13.1 Å². The van der Waals surface area contributed by atoms with Gasteiger partial charge in [0, 0.05) is 36.0 Å². The molecule has 0 aliphatic carbocycles. The molecule has 52 valence electrons.